The molecule has 0 radical (unpaired) electrons. The molecule has 0 atom stereocenters. The van der Waals surface area contributed by atoms with E-state index in [9.17, 15) is 0 Å². The molecule has 1 aliphatic carbocycles. The van der Waals surface area contributed by atoms with Crippen LogP contribution in [-0.4, -0.2) is 36.8 Å². The fraction of sp³-hybridized carbons (Fsp3) is 0.357. The Balaban J connectivity index is 2.02. The normalized spacial score (nSPS) is 14.6. The Morgan fingerprint density at radius 2 is 2.10 bits per heavy atom. The van der Waals surface area contributed by atoms with E-state index in [0.29, 0.717) is 17.6 Å². The summed E-state index contributed by atoms with van der Waals surface area (Å²) in [5.74, 6) is 1.71. The summed E-state index contributed by atoms with van der Waals surface area (Å²) in [4.78, 5) is 17.3. The highest BCUT2D eigenvalue weighted by Gasteiger charge is 2.32. The lowest BCUT2D eigenvalue weighted by atomic mass is 10.2. The number of rotatable bonds is 3. The van der Waals surface area contributed by atoms with Crippen molar-refractivity contribution in [1.82, 2.24) is 29.7 Å². The van der Waals surface area contributed by atoms with Gasteiger partial charge in [-0.15, -0.1) is 0 Å². The number of hydrogen-bond acceptors (Lipinski definition) is 6. The van der Waals surface area contributed by atoms with Crippen LogP contribution in [0.1, 0.15) is 30.3 Å². The first-order valence-corrected chi connectivity index (χ1v) is 6.84. The third-order valence-corrected chi connectivity index (χ3v) is 3.61. The van der Waals surface area contributed by atoms with Crippen molar-refractivity contribution in [2.75, 3.05) is 7.11 Å². The SMILES string of the molecule is COc1nc(C)nc(C2CC2)c1-n1ncc2ncncc21. The second kappa shape index (κ2) is 4.47. The van der Waals surface area contributed by atoms with Crippen LogP contribution in [0, 0.1) is 6.92 Å². The van der Waals surface area contributed by atoms with Crippen molar-refractivity contribution < 1.29 is 4.74 Å². The zero-order chi connectivity index (χ0) is 14.4. The summed E-state index contributed by atoms with van der Waals surface area (Å²) in [6.45, 7) is 1.88. The van der Waals surface area contributed by atoms with Gasteiger partial charge >= 0.3 is 0 Å². The van der Waals surface area contributed by atoms with Gasteiger partial charge in [-0.2, -0.15) is 10.1 Å². The highest BCUT2D eigenvalue weighted by molar-refractivity contribution is 5.75. The van der Waals surface area contributed by atoms with Gasteiger partial charge in [-0.05, 0) is 19.8 Å². The van der Waals surface area contributed by atoms with Gasteiger partial charge in [0, 0.05) is 5.92 Å². The van der Waals surface area contributed by atoms with Gasteiger partial charge in [-0.3, -0.25) is 0 Å². The molecule has 7 nitrogen and oxygen atoms in total. The van der Waals surface area contributed by atoms with Crippen LogP contribution in [0.2, 0.25) is 0 Å². The zero-order valence-corrected chi connectivity index (χ0v) is 11.8. The van der Waals surface area contributed by atoms with Crippen LogP contribution >= 0.6 is 0 Å². The van der Waals surface area contributed by atoms with Gasteiger partial charge in [0.15, 0.2) is 0 Å². The molecule has 0 N–H and O–H groups in total. The number of fused-ring (bicyclic) bond motifs is 1. The summed E-state index contributed by atoms with van der Waals surface area (Å²) in [5.41, 5.74) is 3.41. The molecule has 0 bridgehead atoms. The van der Waals surface area contributed by atoms with E-state index in [4.69, 9.17) is 4.74 Å². The first kappa shape index (κ1) is 12.2. The van der Waals surface area contributed by atoms with Crippen LogP contribution < -0.4 is 4.74 Å². The zero-order valence-electron chi connectivity index (χ0n) is 11.8. The minimum Gasteiger partial charge on any atom is -0.479 e. The lowest BCUT2D eigenvalue weighted by Gasteiger charge is -2.13. The number of ether oxygens (including phenoxy) is 1. The Morgan fingerprint density at radius 1 is 1.24 bits per heavy atom. The van der Waals surface area contributed by atoms with Crippen LogP contribution in [0.15, 0.2) is 18.7 Å². The van der Waals surface area contributed by atoms with Crippen molar-refractivity contribution >= 4 is 11.0 Å². The fourth-order valence-corrected chi connectivity index (χ4v) is 2.49. The molecule has 0 spiro atoms. The average Bonchev–Trinajstić information content (AvgIpc) is 3.27. The van der Waals surface area contributed by atoms with Gasteiger partial charge in [0.2, 0.25) is 5.88 Å². The predicted molar refractivity (Wildman–Crippen MR) is 75.5 cm³/mol. The second-order valence-corrected chi connectivity index (χ2v) is 5.14. The topological polar surface area (TPSA) is 78.6 Å². The number of aryl methyl sites for hydroxylation is 1. The Hall–Kier alpha value is -2.57. The number of hydrogen-bond donors (Lipinski definition) is 0. The van der Waals surface area contributed by atoms with Crippen LogP contribution in [-0.2, 0) is 0 Å². The molecule has 0 aliphatic heterocycles. The third-order valence-electron chi connectivity index (χ3n) is 3.61. The third kappa shape index (κ3) is 1.93. The molecule has 1 saturated carbocycles. The lowest BCUT2D eigenvalue weighted by molar-refractivity contribution is 0.391. The molecule has 0 unspecified atom stereocenters. The molecule has 0 saturated heterocycles. The highest BCUT2D eigenvalue weighted by Crippen LogP contribution is 2.43. The number of aromatic nitrogens is 6. The van der Waals surface area contributed by atoms with E-state index >= 15 is 0 Å². The quantitative estimate of drug-likeness (QED) is 0.729. The number of nitrogens with zero attached hydrogens (tertiary/aromatic N) is 6. The van der Waals surface area contributed by atoms with E-state index in [1.807, 2.05) is 6.92 Å². The van der Waals surface area contributed by atoms with Crippen molar-refractivity contribution in [1.29, 1.82) is 0 Å². The molecule has 0 aromatic carbocycles. The molecular formula is C14H14N6O. The standard InChI is InChI=1S/C14H14N6O/c1-8-18-12(9-3-4-9)13(14(19-8)21-2)20-11-6-15-7-16-10(11)5-17-20/h5-7,9H,3-4H2,1-2H3. The molecule has 4 rings (SSSR count). The predicted octanol–water partition coefficient (Wildman–Crippen LogP) is 1.80. The van der Waals surface area contributed by atoms with E-state index in [1.165, 1.54) is 6.33 Å². The minimum absolute atomic E-state index is 0.458. The maximum absolute atomic E-state index is 5.46. The van der Waals surface area contributed by atoms with Crippen molar-refractivity contribution in [3.8, 4) is 11.6 Å². The van der Waals surface area contributed by atoms with Gasteiger partial charge in [-0.25, -0.2) is 19.6 Å². The molecular weight excluding hydrogens is 268 g/mol. The molecule has 7 heteroatoms. The highest BCUT2D eigenvalue weighted by atomic mass is 16.5. The number of methoxy groups -OCH3 is 1. The Bertz CT molecular complexity index is 823. The van der Waals surface area contributed by atoms with Crippen molar-refractivity contribution in [2.24, 2.45) is 0 Å². The smallest absolute Gasteiger partial charge is 0.243 e. The van der Waals surface area contributed by atoms with Gasteiger partial charge in [0.25, 0.3) is 0 Å². The monoisotopic (exact) mass is 282 g/mol. The first-order chi connectivity index (χ1) is 10.3. The maximum Gasteiger partial charge on any atom is 0.243 e. The Kier molecular flexibility index (Phi) is 2.60. The van der Waals surface area contributed by atoms with Crippen LogP contribution in [0.25, 0.3) is 16.7 Å². The Morgan fingerprint density at radius 3 is 2.86 bits per heavy atom. The molecule has 1 fully saturated rings. The molecule has 0 amide bonds. The van der Waals surface area contributed by atoms with E-state index in [-0.39, 0.29) is 0 Å². The average molecular weight is 282 g/mol. The maximum atomic E-state index is 5.46. The molecule has 106 valence electrons. The van der Waals surface area contributed by atoms with E-state index in [0.717, 1.165) is 35.3 Å². The summed E-state index contributed by atoms with van der Waals surface area (Å²) in [7, 11) is 1.62. The first-order valence-electron chi connectivity index (χ1n) is 6.84. The summed E-state index contributed by atoms with van der Waals surface area (Å²) < 4.78 is 7.24. The van der Waals surface area contributed by atoms with Crippen molar-refractivity contribution in [2.45, 2.75) is 25.7 Å². The van der Waals surface area contributed by atoms with E-state index < -0.39 is 0 Å². The lowest BCUT2D eigenvalue weighted by Crippen LogP contribution is -2.09. The Labute approximate surface area is 121 Å². The van der Waals surface area contributed by atoms with Crippen LogP contribution in [0.4, 0.5) is 0 Å². The van der Waals surface area contributed by atoms with Crippen LogP contribution in [0.5, 0.6) is 5.88 Å². The second-order valence-electron chi connectivity index (χ2n) is 5.14. The fourth-order valence-electron chi connectivity index (χ4n) is 2.49. The van der Waals surface area contributed by atoms with Crippen molar-refractivity contribution in [3.63, 3.8) is 0 Å². The largest absolute Gasteiger partial charge is 0.479 e. The van der Waals surface area contributed by atoms with E-state index in [2.05, 4.69) is 25.0 Å². The summed E-state index contributed by atoms with van der Waals surface area (Å²) in [5, 5.41) is 4.43. The summed E-state index contributed by atoms with van der Waals surface area (Å²) in [6, 6.07) is 0. The molecule has 3 aromatic rings. The molecule has 21 heavy (non-hydrogen) atoms. The van der Waals surface area contributed by atoms with Gasteiger partial charge < -0.3 is 4.74 Å². The molecule has 3 aromatic heterocycles. The molecule has 1 aliphatic rings. The minimum atomic E-state index is 0.458. The van der Waals surface area contributed by atoms with Crippen molar-refractivity contribution in [3.05, 3.63) is 30.2 Å². The van der Waals surface area contributed by atoms with Gasteiger partial charge in [-0.1, -0.05) is 0 Å². The summed E-state index contributed by atoms with van der Waals surface area (Å²) >= 11 is 0. The van der Waals surface area contributed by atoms with E-state index in [1.54, 1.807) is 24.2 Å². The molecule has 3 heterocycles. The summed E-state index contributed by atoms with van der Waals surface area (Å²) in [6.07, 6.45) is 7.25. The van der Waals surface area contributed by atoms with Gasteiger partial charge in [0.1, 0.15) is 28.9 Å². The van der Waals surface area contributed by atoms with Gasteiger partial charge in [0.05, 0.1) is 25.2 Å². The van der Waals surface area contributed by atoms with Crippen LogP contribution in [0.3, 0.4) is 0 Å².